The molecule has 1 aromatic rings. The van der Waals surface area contributed by atoms with Crippen molar-refractivity contribution in [3.8, 4) is 0 Å². The lowest BCUT2D eigenvalue weighted by atomic mass is 10.1. The summed E-state index contributed by atoms with van der Waals surface area (Å²) in [6, 6.07) is 4.09. The number of nitrogens with zero attached hydrogens (tertiary/aromatic N) is 1. The highest BCUT2D eigenvalue weighted by Crippen LogP contribution is 2.28. The second kappa shape index (κ2) is 5.45. The third kappa shape index (κ3) is 2.82. The molecular weight excluding hydrogens is 342 g/mol. The highest BCUT2D eigenvalue weighted by molar-refractivity contribution is 9.13. The maximum absolute atomic E-state index is 11.1. The summed E-state index contributed by atoms with van der Waals surface area (Å²) in [6.07, 6.45) is 0.495. The average Bonchev–Trinajstić information content (AvgIpc) is 2.22. The van der Waals surface area contributed by atoms with Crippen LogP contribution in [-0.2, 0) is 9.59 Å². The number of carboxylic acids is 1. The summed E-state index contributed by atoms with van der Waals surface area (Å²) in [7, 11) is 1.43. The minimum Gasteiger partial charge on any atom is -0.479 e. The van der Waals surface area contributed by atoms with E-state index in [9.17, 15) is 9.59 Å². The van der Waals surface area contributed by atoms with E-state index in [1.807, 2.05) is 0 Å². The average molecular weight is 351 g/mol. The molecular formula is C10H9Br2NO3. The van der Waals surface area contributed by atoms with Crippen molar-refractivity contribution >= 4 is 44.2 Å². The summed E-state index contributed by atoms with van der Waals surface area (Å²) in [5, 5.41) is 9.06. The van der Waals surface area contributed by atoms with Crippen LogP contribution in [0.3, 0.4) is 0 Å². The molecule has 0 radical (unpaired) electrons. The zero-order valence-corrected chi connectivity index (χ0v) is 11.5. The van der Waals surface area contributed by atoms with Gasteiger partial charge in [-0.2, -0.15) is 0 Å². The van der Waals surface area contributed by atoms with Crippen LogP contribution in [-0.4, -0.2) is 29.4 Å². The summed E-state index contributed by atoms with van der Waals surface area (Å²) >= 11 is 6.58. The Bertz CT molecular complexity index is 423. The van der Waals surface area contributed by atoms with Gasteiger partial charge < -0.3 is 10.0 Å². The molecule has 1 rings (SSSR count). The number of hydrogen-bond acceptors (Lipinski definition) is 2. The summed E-state index contributed by atoms with van der Waals surface area (Å²) in [6.45, 7) is 0. The number of carbonyl (C=O) groups excluding carboxylic acids is 1. The van der Waals surface area contributed by atoms with Crippen molar-refractivity contribution in [2.75, 3.05) is 7.05 Å². The third-order valence-electron chi connectivity index (χ3n) is 2.07. The van der Waals surface area contributed by atoms with E-state index >= 15 is 0 Å². The van der Waals surface area contributed by atoms with Gasteiger partial charge in [-0.05, 0) is 49.6 Å². The van der Waals surface area contributed by atoms with E-state index < -0.39 is 12.0 Å². The van der Waals surface area contributed by atoms with Crippen molar-refractivity contribution in [2.45, 2.75) is 6.04 Å². The van der Waals surface area contributed by atoms with Gasteiger partial charge in [0.15, 0.2) is 6.04 Å². The molecule has 0 saturated carbocycles. The van der Waals surface area contributed by atoms with Gasteiger partial charge in [0.1, 0.15) is 0 Å². The van der Waals surface area contributed by atoms with Gasteiger partial charge in [0, 0.05) is 16.0 Å². The summed E-state index contributed by atoms with van der Waals surface area (Å²) in [5.41, 5.74) is 0.539. The van der Waals surface area contributed by atoms with Crippen molar-refractivity contribution in [1.82, 2.24) is 4.90 Å². The molecule has 1 aromatic carbocycles. The van der Waals surface area contributed by atoms with Crippen LogP contribution in [0.15, 0.2) is 27.1 Å². The largest absolute Gasteiger partial charge is 0.479 e. The number of amides is 1. The number of carbonyl (C=O) groups is 2. The van der Waals surface area contributed by atoms with E-state index in [1.165, 1.54) is 7.05 Å². The van der Waals surface area contributed by atoms with E-state index in [0.29, 0.717) is 12.0 Å². The van der Waals surface area contributed by atoms with Gasteiger partial charge in [0.05, 0.1) is 0 Å². The van der Waals surface area contributed by atoms with Gasteiger partial charge in [-0.1, -0.05) is 6.07 Å². The van der Waals surface area contributed by atoms with Crippen molar-refractivity contribution in [3.63, 3.8) is 0 Å². The first-order valence-corrected chi connectivity index (χ1v) is 5.91. The van der Waals surface area contributed by atoms with E-state index in [-0.39, 0.29) is 0 Å². The number of carboxylic acid groups (broad SMARTS) is 1. The van der Waals surface area contributed by atoms with Crippen LogP contribution in [0.2, 0.25) is 0 Å². The number of hydrogen-bond donors (Lipinski definition) is 1. The molecule has 0 fully saturated rings. The quantitative estimate of drug-likeness (QED) is 0.848. The predicted octanol–water partition coefficient (Wildman–Crippen LogP) is 2.43. The molecule has 1 amide bonds. The summed E-state index contributed by atoms with van der Waals surface area (Å²) in [5.74, 6) is -1.07. The second-order valence-electron chi connectivity index (χ2n) is 3.19. The SMILES string of the molecule is CN(C=O)C(C(=O)O)c1ccc(Br)c(Br)c1. The van der Waals surface area contributed by atoms with Gasteiger partial charge in [0.2, 0.25) is 6.41 Å². The zero-order valence-electron chi connectivity index (χ0n) is 8.35. The molecule has 0 spiro atoms. The first-order chi connectivity index (χ1) is 7.47. The Hall–Kier alpha value is -0.880. The second-order valence-corrected chi connectivity index (χ2v) is 4.89. The van der Waals surface area contributed by atoms with Gasteiger partial charge in [-0.25, -0.2) is 4.79 Å². The number of halogens is 2. The maximum atomic E-state index is 11.1. The van der Waals surface area contributed by atoms with Gasteiger partial charge in [-0.15, -0.1) is 0 Å². The first-order valence-electron chi connectivity index (χ1n) is 4.32. The summed E-state index contributed by atoms with van der Waals surface area (Å²) in [4.78, 5) is 22.8. The Morgan fingerprint density at radius 1 is 1.44 bits per heavy atom. The lowest BCUT2D eigenvalue weighted by Crippen LogP contribution is -2.29. The Morgan fingerprint density at radius 2 is 2.06 bits per heavy atom. The molecule has 0 saturated heterocycles. The van der Waals surface area contributed by atoms with Crippen LogP contribution in [0.4, 0.5) is 0 Å². The third-order valence-corrected chi connectivity index (χ3v) is 3.95. The van der Waals surface area contributed by atoms with Crippen molar-refractivity contribution in [2.24, 2.45) is 0 Å². The molecule has 86 valence electrons. The molecule has 0 aliphatic heterocycles. The maximum Gasteiger partial charge on any atom is 0.331 e. The van der Waals surface area contributed by atoms with Crippen molar-refractivity contribution in [1.29, 1.82) is 0 Å². The topological polar surface area (TPSA) is 57.6 Å². The Labute approximate surface area is 110 Å². The van der Waals surface area contributed by atoms with Crippen molar-refractivity contribution < 1.29 is 14.7 Å². The molecule has 16 heavy (non-hydrogen) atoms. The van der Waals surface area contributed by atoms with Crippen molar-refractivity contribution in [3.05, 3.63) is 32.7 Å². The Balaban J connectivity index is 3.16. The van der Waals surface area contributed by atoms with Crippen LogP contribution in [0, 0.1) is 0 Å². The molecule has 0 heterocycles. The van der Waals surface area contributed by atoms with Crippen LogP contribution in [0.25, 0.3) is 0 Å². The van der Waals surface area contributed by atoms with E-state index in [4.69, 9.17) is 5.11 Å². The smallest absolute Gasteiger partial charge is 0.331 e. The molecule has 0 aromatic heterocycles. The first kappa shape index (κ1) is 13.2. The molecule has 0 aliphatic rings. The highest BCUT2D eigenvalue weighted by atomic mass is 79.9. The van der Waals surface area contributed by atoms with Crippen LogP contribution in [0.5, 0.6) is 0 Å². The molecule has 1 unspecified atom stereocenters. The number of benzene rings is 1. The highest BCUT2D eigenvalue weighted by Gasteiger charge is 2.24. The fourth-order valence-electron chi connectivity index (χ4n) is 1.30. The van der Waals surface area contributed by atoms with Gasteiger partial charge in [0.25, 0.3) is 0 Å². The summed E-state index contributed by atoms with van der Waals surface area (Å²) < 4.78 is 1.57. The Kier molecular flexibility index (Phi) is 4.49. The minimum atomic E-state index is -1.07. The molecule has 6 heteroatoms. The molecule has 0 aliphatic carbocycles. The van der Waals surface area contributed by atoms with E-state index in [1.54, 1.807) is 18.2 Å². The molecule has 0 bridgehead atoms. The van der Waals surface area contributed by atoms with E-state index in [2.05, 4.69) is 31.9 Å². The minimum absolute atomic E-state index is 0.495. The van der Waals surface area contributed by atoms with E-state index in [0.717, 1.165) is 13.8 Å². The molecule has 1 N–H and O–H groups in total. The van der Waals surface area contributed by atoms with Gasteiger partial charge in [-0.3, -0.25) is 4.79 Å². The number of likely N-dealkylation sites (N-methyl/N-ethyl adjacent to an activating group) is 1. The lowest BCUT2D eigenvalue weighted by molar-refractivity contribution is -0.145. The van der Waals surface area contributed by atoms with Crippen LogP contribution >= 0.6 is 31.9 Å². The molecule has 1 atom stereocenters. The predicted molar refractivity (Wildman–Crippen MR) is 66.0 cm³/mol. The van der Waals surface area contributed by atoms with Crippen LogP contribution < -0.4 is 0 Å². The normalized spacial score (nSPS) is 11.9. The monoisotopic (exact) mass is 349 g/mol. The number of rotatable bonds is 4. The standard InChI is InChI=1S/C10H9Br2NO3/c1-13(5-14)9(10(15)16)6-2-3-7(11)8(12)4-6/h2-5,9H,1H3,(H,15,16). The fourth-order valence-corrected chi connectivity index (χ4v) is 1.94. The number of aliphatic carboxylic acids is 1. The van der Waals surface area contributed by atoms with Crippen LogP contribution in [0.1, 0.15) is 11.6 Å². The zero-order chi connectivity index (χ0) is 12.3. The van der Waals surface area contributed by atoms with Gasteiger partial charge >= 0.3 is 5.97 Å². The Morgan fingerprint density at radius 3 is 2.50 bits per heavy atom. The fraction of sp³-hybridized carbons (Fsp3) is 0.200. The lowest BCUT2D eigenvalue weighted by Gasteiger charge is -2.21. The molecule has 4 nitrogen and oxygen atoms in total.